The zero-order chi connectivity index (χ0) is 15.4. The number of rotatable bonds is 7. The summed E-state index contributed by atoms with van der Waals surface area (Å²) in [5.74, 6) is 0.354. The van der Waals surface area contributed by atoms with E-state index in [1.54, 1.807) is 12.1 Å². The molecule has 0 fully saturated rings. The number of benzene rings is 1. The van der Waals surface area contributed by atoms with Gasteiger partial charge in [0.05, 0.1) is 11.1 Å². The molecule has 1 N–H and O–H groups in total. The van der Waals surface area contributed by atoms with E-state index in [0.717, 1.165) is 24.3 Å². The Labute approximate surface area is 125 Å². The number of carbonyl (C=O) groups is 1. The van der Waals surface area contributed by atoms with Crippen LogP contribution in [0.25, 0.3) is 11.0 Å². The van der Waals surface area contributed by atoms with Gasteiger partial charge in [0.2, 0.25) is 0 Å². The molecule has 21 heavy (non-hydrogen) atoms. The third kappa shape index (κ3) is 3.26. The molecule has 0 spiro atoms. The van der Waals surface area contributed by atoms with Gasteiger partial charge in [0.25, 0.3) is 0 Å². The number of imidazole rings is 1. The Morgan fingerprint density at radius 1 is 1.29 bits per heavy atom. The Morgan fingerprint density at radius 2 is 2.05 bits per heavy atom. The van der Waals surface area contributed by atoms with E-state index in [0.29, 0.717) is 11.1 Å². The first-order chi connectivity index (χ1) is 10.1. The molecular formula is C17H24N2O2. The van der Waals surface area contributed by atoms with E-state index in [1.807, 2.05) is 6.07 Å². The maximum atomic E-state index is 11.4. The minimum Gasteiger partial charge on any atom is -0.478 e. The Hall–Kier alpha value is -1.84. The first-order valence-corrected chi connectivity index (χ1v) is 7.78. The lowest BCUT2D eigenvalue weighted by molar-refractivity contribution is 0.0699. The number of aryl methyl sites for hydroxylation is 1. The maximum absolute atomic E-state index is 11.4. The van der Waals surface area contributed by atoms with Gasteiger partial charge in [-0.25, -0.2) is 9.78 Å². The monoisotopic (exact) mass is 288 g/mol. The molecule has 1 heterocycles. The number of carboxylic acids is 1. The largest absolute Gasteiger partial charge is 0.478 e. The van der Waals surface area contributed by atoms with Crippen molar-refractivity contribution in [2.45, 2.75) is 58.9 Å². The number of nitrogens with zero attached hydrogens (tertiary/aromatic N) is 2. The second-order valence-corrected chi connectivity index (χ2v) is 5.82. The van der Waals surface area contributed by atoms with E-state index < -0.39 is 5.97 Å². The first-order valence-electron chi connectivity index (χ1n) is 7.78. The molecule has 1 aromatic carbocycles. The molecule has 0 aliphatic carbocycles. The highest BCUT2D eigenvalue weighted by Gasteiger charge is 2.18. The SMILES string of the molecule is CCCCCCn1c(C(C)C)nc2c(C(=O)O)cccc21. The average molecular weight is 288 g/mol. The van der Waals surface area contributed by atoms with Crippen molar-refractivity contribution in [1.82, 2.24) is 9.55 Å². The van der Waals surface area contributed by atoms with Crippen LogP contribution in [0.1, 0.15) is 68.6 Å². The topological polar surface area (TPSA) is 55.1 Å². The van der Waals surface area contributed by atoms with Crippen LogP contribution in [-0.2, 0) is 6.54 Å². The van der Waals surface area contributed by atoms with E-state index in [-0.39, 0.29) is 5.92 Å². The maximum Gasteiger partial charge on any atom is 0.337 e. The molecule has 114 valence electrons. The van der Waals surface area contributed by atoms with Gasteiger partial charge in [-0.05, 0) is 18.6 Å². The molecule has 0 saturated carbocycles. The van der Waals surface area contributed by atoms with Gasteiger partial charge < -0.3 is 9.67 Å². The third-order valence-corrected chi connectivity index (χ3v) is 3.79. The van der Waals surface area contributed by atoms with Crippen LogP contribution >= 0.6 is 0 Å². The Bertz CT molecular complexity index is 629. The molecule has 2 aromatic rings. The van der Waals surface area contributed by atoms with Crippen LogP contribution in [0.4, 0.5) is 0 Å². The Kier molecular flexibility index (Phi) is 4.99. The van der Waals surface area contributed by atoms with Gasteiger partial charge in [-0.3, -0.25) is 0 Å². The predicted octanol–water partition coefficient (Wildman–Crippen LogP) is 4.44. The van der Waals surface area contributed by atoms with Gasteiger partial charge in [0.15, 0.2) is 0 Å². The predicted molar refractivity (Wildman–Crippen MR) is 84.9 cm³/mol. The van der Waals surface area contributed by atoms with Crippen LogP contribution < -0.4 is 0 Å². The summed E-state index contributed by atoms with van der Waals surface area (Å²) in [6, 6.07) is 5.41. The smallest absolute Gasteiger partial charge is 0.337 e. The standard InChI is InChI=1S/C17H24N2O2/c1-4-5-6-7-11-19-14-10-8-9-13(17(20)21)15(14)18-16(19)12(2)3/h8-10,12H,4-7,11H2,1-3H3,(H,20,21). The minimum absolute atomic E-state index is 0.283. The molecule has 4 nitrogen and oxygen atoms in total. The molecule has 0 unspecified atom stereocenters. The molecule has 0 amide bonds. The molecule has 1 aromatic heterocycles. The summed E-state index contributed by atoms with van der Waals surface area (Å²) in [6.07, 6.45) is 4.76. The van der Waals surface area contributed by atoms with E-state index >= 15 is 0 Å². The first kappa shape index (κ1) is 15.5. The van der Waals surface area contributed by atoms with Crippen molar-refractivity contribution in [3.63, 3.8) is 0 Å². The molecule has 0 aliphatic rings. The zero-order valence-corrected chi connectivity index (χ0v) is 13.1. The summed E-state index contributed by atoms with van der Waals surface area (Å²) in [5, 5.41) is 9.32. The molecule has 0 radical (unpaired) electrons. The van der Waals surface area contributed by atoms with Crippen LogP contribution in [0.2, 0.25) is 0 Å². The minimum atomic E-state index is -0.911. The second-order valence-electron chi connectivity index (χ2n) is 5.82. The van der Waals surface area contributed by atoms with Crippen molar-refractivity contribution >= 4 is 17.0 Å². The van der Waals surface area contributed by atoms with E-state index in [4.69, 9.17) is 0 Å². The number of fused-ring (bicyclic) bond motifs is 1. The lowest BCUT2D eigenvalue weighted by Gasteiger charge is -2.11. The van der Waals surface area contributed by atoms with Crippen LogP contribution in [0.3, 0.4) is 0 Å². The fourth-order valence-corrected chi connectivity index (χ4v) is 2.71. The van der Waals surface area contributed by atoms with Gasteiger partial charge in [-0.1, -0.05) is 46.1 Å². The summed E-state index contributed by atoms with van der Waals surface area (Å²) in [4.78, 5) is 16.0. The van der Waals surface area contributed by atoms with Gasteiger partial charge in [0, 0.05) is 12.5 Å². The summed E-state index contributed by atoms with van der Waals surface area (Å²) < 4.78 is 2.20. The van der Waals surface area contributed by atoms with Crippen molar-refractivity contribution in [2.75, 3.05) is 0 Å². The highest BCUT2D eigenvalue weighted by molar-refractivity contribution is 6.01. The van der Waals surface area contributed by atoms with Crippen LogP contribution in [0.5, 0.6) is 0 Å². The van der Waals surface area contributed by atoms with E-state index in [1.165, 1.54) is 19.3 Å². The lowest BCUT2D eigenvalue weighted by Crippen LogP contribution is -2.05. The number of hydrogen-bond acceptors (Lipinski definition) is 2. The van der Waals surface area contributed by atoms with Crippen LogP contribution in [0.15, 0.2) is 18.2 Å². The number of carboxylic acid groups (broad SMARTS) is 1. The lowest BCUT2D eigenvalue weighted by atomic mass is 10.1. The number of aromatic nitrogens is 2. The van der Waals surface area contributed by atoms with Crippen LogP contribution in [-0.4, -0.2) is 20.6 Å². The number of aromatic carboxylic acids is 1. The molecule has 2 rings (SSSR count). The summed E-state index contributed by atoms with van der Waals surface area (Å²) in [6.45, 7) is 7.31. The van der Waals surface area contributed by atoms with Crippen molar-refractivity contribution in [2.24, 2.45) is 0 Å². The van der Waals surface area contributed by atoms with Gasteiger partial charge in [-0.15, -0.1) is 0 Å². The second kappa shape index (κ2) is 6.74. The highest BCUT2D eigenvalue weighted by atomic mass is 16.4. The third-order valence-electron chi connectivity index (χ3n) is 3.79. The molecule has 0 aliphatic heterocycles. The van der Waals surface area contributed by atoms with Gasteiger partial charge >= 0.3 is 5.97 Å². The van der Waals surface area contributed by atoms with Crippen molar-refractivity contribution in [3.8, 4) is 0 Å². The summed E-state index contributed by atoms with van der Waals surface area (Å²) in [5.41, 5.74) is 1.85. The normalized spacial score (nSPS) is 11.4. The van der Waals surface area contributed by atoms with Gasteiger partial charge in [0.1, 0.15) is 11.3 Å². The van der Waals surface area contributed by atoms with Crippen molar-refractivity contribution in [1.29, 1.82) is 0 Å². The molecule has 0 atom stereocenters. The number of hydrogen-bond donors (Lipinski definition) is 1. The Balaban J connectivity index is 2.43. The molecule has 4 heteroatoms. The molecule has 0 saturated heterocycles. The molecular weight excluding hydrogens is 264 g/mol. The van der Waals surface area contributed by atoms with Gasteiger partial charge in [-0.2, -0.15) is 0 Å². The average Bonchev–Trinajstić information content (AvgIpc) is 2.82. The fraction of sp³-hybridized carbons (Fsp3) is 0.529. The summed E-state index contributed by atoms with van der Waals surface area (Å²) >= 11 is 0. The van der Waals surface area contributed by atoms with Crippen molar-refractivity contribution < 1.29 is 9.90 Å². The molecule has 0 bridgehead atoms. The van der Waals surface area contributed by atoms with Crippen LogP contribution in [0, 0.1) is 0 Å². The quantitative estimate of drug-likeness (QED) is 0.766. The summed E-state index contributed by atoms with van der Waals surface area (Å²) in [7, 11) is 0. The van der Waals surface area contributed by atoms with Crippen molar-refractivity contribution in [3.05, 3.63) is 29.6 Å². The zero-order valence-electron chi connectivity index (χ0n) is 13.1. The number of unbranched alkanes of at least 4 members (excludes halogenated alkanes) is 3. The van der Waals surface area contributed by atoms with E-state index in [2.05, 4.69) is 30.3 Å². The number of para-hydroxylation sites is 1. The Morgan fingerprint density at radius 3 is 2.67 bits per heavy atom. The van der Waals surface area contributed by atoms with E-state index in [9.17, 15) is 9.90 Å². The highest BCUT2D eigenvalue weighted by Crippen LogP contribution is 2.25. The fourth-order valence-electron chi connectivity index (χ4n) is 2.71.